The summed E-state index contributed by atoms with van der Waals surface area (Å²) in [5.74, 6) is 0. The van der Waals surface area contributed by atoms with Crippen molar-refractivity contribution in [2.75, 3.05) is 4.90 Å². The van der Waals surface area contributed by atoms with Crippen LogP contribution in [-0.4, -0.2) is 11.1 Å². The number of benzene rings is 2. The molecule has 2 nitrogen and oxygen atoms in total. The highest BCUT2D eigenvalue weighted by molar-refractivity contribution is 5.71. The molecule has 1 N–H and O–H groups in total. The molecular formula is C17H19NO. The van der Waals surface area contributed by atoms with Crippen molar-refractivity contribution in [1.29, 1.82) is 0 Å². The van der Waals surface area contributed by atoms with E-state index in [1.807, 2.05) is 18.2 Å². The van der Waals surface area contributed by atoms with Crippen LogP contribution >= 0.6 is 0 Å². The maximum Gasteiger partial charge on any atom is 0.0702 e. The molecule has 2 heteroatoms. The quantitative estimate of drug-likeness (QED) is 0.883. The van der Waals surface area contributed by atoms with Crippen LogP contribution in [0.15, 0.2) is 48.5 Å². The van der Waals surface area contributed by atoms with E-state index in [4.69, 9.17) is 0 Å². The van der Waals surface area contributed by atoms with Crippen molar-refractivity contribution in [2.45, 2.75) is 32.4 Å². The third-order valence-electron chi connectivity index (χ3n) is 3.94. The minimum Gasteiger partial charge on any atom is -0.392 e. The van der Waals surface area contributed by atoms with Gasteiger partial charge in [-0.15, -0.1) is 0 Å². The fourth-order valence-electron chi connectivity index (χ4n) is 2.93. The lowest BCUT2D eigenvalue weighted by Gasteiger charge is -2.38. The molecule has 1 unspecified atom stereocenters. The third kappa shape index (κ3) is 2.13. The number of aryl methyl sites for hydroxylation is 1. The van der Waals surface area contributed by atoms with Crippen molar-refractivity contribution in [3.05, 3.63) is 59.7 Å². The van der Waals surface area contributed by atoms with Crippen LogP contribution in [0.4, 0.5) is 11.4 Å². The summed E-state index contributed by atoms with van der Waals surface area (Å²) in [5.41, 5.74) is 4.80. The molecule has 1 atom stereocenters. The van der Waals surface area contributed by atoms with Crippen LogP contribution in [0.25, 0.3) is 0 Å². The van der Waals surface area contributed by atoms with Crippen LogP contribution in [0.2, 0.25) is 0 Å². The summed E-state index contributed by atoms with van der Waals surface area (Å²) in [6, 6.07) is 17.2. The van der Waals surface area contributed by atoms with E-state index in [1.54, 1.807) is 0 Å². The van der Waals surface area contributed by atoms with Crippen LogP contribution in [0.1, 0.15) is 24.5 Å². The van der Waals surface area contributed by atoms with Crippen LogP contribution in [0.3, 0.4) is 0 Å². The van der Waals surface area contributed by atoms with E-state index in [9.17, 15) is 5.11 Å². The number of anilines is 2. The van der Waals surface area contributed by atoms with Crippen molar-refractivity contribution in [3.63, 3.8) is 0 Å². The average Bonchev–Trinajstić information content (AvgIpc) is 2.47. The second-order valence-electron chi connectivity index (χ2n) is 5.17. The Morgan fingerprint density at radius 1 is 1.05 bits per heavy atom. The van der Waals surface area contributed by atoms with Gasteiger partial charge < -0.3 is 10.0 Å². The number of hydrogen-bond donors (Lipinski definition) is 1. The zero-order valence-corrected chi connectivity index (χ0v) is 11.2. The molecule has 3 rings (SSSR count). The highest BCUT2D eigenvalue weighted by Crippen LogP contribution is 2.38. The molecule has 0 aromatic heterocycles. The number of aliphatic hydroxyl groups excluding tert-OH is 1. The topological polar surface area (TPSA) is 23.5 Å². The lowest BCUT2D eigenvalue weighted by atomic mass is 9.95. The largest absolute Gasteiger partial charge is 0.392 e. The van der Waals surface area contributed by atoms with E-state index in [0.29, 0.717) is 6.04 Å². The Labute approximate surface area is 114 Å². The normalized spacial score (nSPS) is 18.2. The van der Waals surface area contributed by atoms with Gasteiger partial charge in [0.1, 0.15) is 0 Å². The molecule has 0 amide bonds. The van der Waals surface area contributed by atoms with Gasteiger partial charge in [0.2, 0.25) is 0 Å². The molecule has 2 aromatic rings. The van der Waals surface area contributed by atoms with Gasteiger partial charge in [-0.3, -0.25) is 0 Å². The molecular weight excluding hydrogens is 234 g/mol. The highest BCUT2D eigenvalue weighted by atomic mass is 16.3. The lowest BCUT2D eigenvalue weighted by molar-refractivity contribution is 0.282. The number of aliphatic hydroxyl groups is 1. The number of hydrogen-bond acceptors (Lipinski definition) is 2. The number of nitrogens with zero attached hydrogens (tertiary/aromatic N) is 1. The zero-order chi connectivity index (χ0) is 13.2. The van der Waals surface area contributed by atoms with Gasteiger partial charge in [-0.1, -0.05) is 36.4 Å². The van der Waals surface area contributed by atoms with Gasteiger partial charge in [0.05, 0.1) is 6.61 Å². The molecule has 2 aromatic carbocycles. The first-order chi connectivity index (χ1) is 9.31. The summed E-state index contributed by atoms with van der Waals surface area (Å²) >= 11 is 0. The summed E-state index contributed by atoms with van der Waals surface area (Å²) in [6.07, 6.45) is 2.28. The SMILES string of the molecule is CC1CCc2ccccc2N1c1ccccc1CO. The first-order valence-electron chi connectivity index (χ1n) is 6.87. The molecule has 0 aliphatic carbocycles. The monoisotopic (exact) mass is 253 g/mol. The fraction of sp³-hybridized carbons (Fsp3) is 0.294. The van der Waals surface area contributed by atoms with Crippen LogP contribution in [-0.2, 0) is 13.0 Å². The van der Waals surface area contributed by atoms with Crippen molar-refractivity contribution in [1.82, 2.24) is 0 Å². The molecule has 0 saturated carbocycles. The summed E-state index contributed by atoms with van der Waals surface area (Å²) in [7, 11) is 0. The van der Waals surface area contributed by atoms with Crippen molar-refractivity contribution in [3.8, 4) is 0 Å². The van der Waals surface area contributed by atoms with E-state index >= 15 is 0 Å². The van der Waals surface area contributed by atoms with E-state index in [2.05, 4.69) is 42.2 Å². The van der Waals surface area contributed by atoms with Gasteiger partial charge in [0.15, 0.2) is 0 Å². The fourth-order valence-corrected chi connectivity index (χ4v) is 2.93. The first kappa shape index (κ1) is 12.2. The van der Waals surface area contributed by atoms with Gasteiger partial charge in [0.25, 0.3) is 0 Å². The summed E-state index contributed by atoms with van der Waals surface area (Å²) in [6.45, 7) is 2.34. The molecule has 1 heterocycles. The Balaban J connectivity index is 2.13. The zero-order valence-electron chi connectivity index (χ0n) is 11.2. The Morgan fingerprint density at radius 2 is 1.74 bits per heavy atom. The Morgan fingerprint density at radius 3 is 2.53 bits per heavy atom. The summed E-state index contributed by atoms with van der Waals surface area (Å²) in [5, 5.41) is 9.56. The van der Waals surface area contributed by atoms with E-state index < -0.39 is 0 Å². The minimum absolute atomic E-state index is 0.0849. The molecule has 0 spiro atoms. The van der Waals surface area contributed by atoms with Crippen molar-refractivity contribution in [2.24, 2.45) is 0 Å². The second kappa shape index (κ2) is 5.06. The Kier molecular flexibility index (Phi) is 3.26. The predicted octanol–water partition coefficient (Wildman–Crippen LogP) is 3.65. The molecule has 0 saturated heterocycles. The second-order valence-corrected chi connectivity index (χ2v) is 5.17. The molecule has 0 fully saturated rings. The van der Waals surface area contributed by atoms with Crippen molar-refractivity contribution >= 4 is 11.4 Å². The van der Waals surface area contributed by atoms with Gasteiger partial charge in [0, 0.05) is 23.0 Å². The van der Waals surface area contributed by atoms with Crippen LogP contribution in [0, 0.1) is 0 Å². The maximum atomic E-state index is 9.56. The predicted molar refractivity (Wildman–Crippen MR) is 78.7 cm³/mol. The third-order valence-corrected chi connectivity index (χ3v) is 3.94. The van der Waals surface area contributed by atoms with Crippen molar-refractivity contribution < 1.29 is 5.11 Å². The van der Waals surface area contributed by atoms with Crippen LogP contribution < -0.4 is 4.90 Å². The first-order valence-corrected chi connectivity index (χ1v) is 6.87. The molecule has 1 aliphatic heterocycles. The average molecular weight is 253 g/mol. The standard InChI is InChI=1S/C17H19NO/c1-13-10-11-14-6-2-4-8-16(14)18(13)17-9-5-3-7-15(17)12-19/h2-9,13,19H,10-12H2,1H3. The van der Waals surface area contributed by atoms with Gasteiger partial charge >= 0.3 is 0 Å². The lowest BCUT2D eigenvalue weighted by Crippen LogP contribution is -2.33. The highest BCUT2D eigenvalue weighted by Gasteiger charge is 2.25. The number of fused-ring (bicyclic) bond motifs is 1. The Hall–Kier alpha value is -1.80. The molecule has 0 bridgehead atoms. The van der Waals surface area contributed by atoms with E-state index in [0.717, 1.165) is 24.1 Å². The smallest absolute Gasteiger partial charge is 0.0702 e. The van der Waals surface area contributed by atoms with Gasteiger partial charge in [-0.05, 0) is 37.5 Å². The van der Waals surface area contributed by atoms with Crippen LogP contribution in [0.5, 0.6) is 0 Å². The maximum absolute atomic E-state index is 9.56. The minimum atomic E-state index is 0.0849. The molecule has 98 valence electrons. The Bertz CT molecular complexity index is 579. The summed E-state index contributed by atoms with van der Waals surface area (Å²) in [4.78, 5) is 2.37. The van der Waals surface area contributed by atoms with Gasteiger partial charge in [-0.2, -0.15) is 0 Å². The molecule has 19 heavy (non-hydrogen) atoms. The number of rotatable bonds is 2. The number of para-hydroxylation sites is 2. The van der Waals surface area contributed by atoms with Gasteiger partial charge in [-0.25, -0.2) is 0 Å². The van der Waals surface area contributed by atoms with E-state index in [-0.39, 0.29) is 6.61 Å². The summed E-state index contributed by atoms with van der Waals surface area (Å²) < 4.78 is 0. The molecule has 0 radical (unpaired) electrons. The van der Waals surface area contributed by atoms with E-state index in [1.165, 1.54) is 11.3 Å². The molecule has 1 aliphatic rings.